The van der Waals surface area contributed by atoms with Crippen LogP contribution in [0.25, 0.3) is 0 Å². The van der Waals surface area contributed by atoms with E-state index in [2.05, 4.69) is 0 Å². The fourth-order valence-electron chi connectivity index (χ4n) is 1.44. The lowest BCUT2D eigenvalue weighted by molar-refractivity contribution is -0.286. The average molecular weight is 216 g/mol. The summed E-state index contributed by atoms with van der Waals surface area (Å²) in [6.07, 6.45) is 3.10. The summed E-state index contributed by atoms with van der Waals surface area (Å²) in [7, 11) is 0. The lowest BCUT2D eigenvalue weighted by Gasteiger charge is -2.29. The first kappa shape index (κ1) is 12.6. The summed E-state index contributed by atoms with van der Waals surface area (Å²) in [5.74, 6) is -1.03. The number of aliphatic hydroxyl groups excluding tert-OH is 1. The largest absolute Gasteiger partial charge is 0.390 e. The van der Waals surface area contributed by atoms with Crippen molar-refractivity contribution >= 4 is 0 Å². The first-order valence-corrected chi connectivity index (χ1v) is 5.29. The molecule has 4 heteroatoms. The molecule has 0 saturated carbocycles. The Balaban J connectivity index is 2.54. The Hall–Kier alpha value is -0.420. The summed E-state index contributed by atoms with van der Waals surface area (Å²) in [4.78, 5) is 0. The predicted octanol–water partition coefficient (Wildman–Crippen LogP) is 1.44. The van der Waals surface area contributed by atoms with Gasteiger partial charge in [-0.05, 0) is 39.8 Å². The molecule has 0 aromatic heterocycles. The smallest absolute Gasteiger partial charge is 0.214 e. The van der Waals surface area contributed by atoms with Gasteiger partial charge in [0.2, 0.25) is 5.79 Å². The summed E-state index contributed by atoms with van der Waals surface area (Å²) < 4.78 is 16.5. The first-order chi connectivity index (χ1) is 6.97. The van der Waals surface area contributed by atoms with Crippen LogP contribution in [-0.2, 0) is 14.2 Å². The third kappa shape index (κ3) is 3.57. The van der Waals surface area contributed by atoms with Crippen LogP contribution in [0.5, 0.6) is 0 Å². The minimum Gasteiger partial charge on any atom is -0.390 e. The SMILES string of the molecule is CC(C)OC1C=CC(CO)(OC(C)C)O1. The minimum atomic E-state index is -1.03. The second-order valence-electron chi connectivity index (χ2n) is 4.17. The van der Waals surface area contributed by atoms with Crippen LogP contribution in [0, 0.1) is 0 Å². The summed E-state index contributed by atoms with van der Waals surface area (Å²) >= 11 is 0. The van der Waals surface area contributed by atoms with Gasteiger partial charge in [0.25, 0.3) is 0 Å². The molecule has 0 aliphatic carbocycles. The first-order valence-electron chi connectivity index (χ1n) is 5.29. The van der Waals surface area contributed by atoms with Crippen LogP contribution in [-0.4, -0.2) is 36.0 Å². The predicted molar refractivity (Wildman–Crippen MR) is 56.3 cm³/mol. The summed E-state index contributed by atoms with van der Waals surface area (Å²) in [5, 5.41) is 9.26. The van der Waals surface area contributed by atoms with Crippen molar-refractivity contribution in [3.63, 3.8) is 0 Å². The van der Waals surface area contributed by atoms with Gasteiger partial charge in [0.15, 0.2) is 6.29 Å². The zero-order valence-electron chi connectivity index (χ0n) is 9.77. The van der Waals surface area contributed by atoms with E-state index < -0.39 is 12.1 Å². The van der Waals surface area contributed by atoms with Crippen molar-refractivity contribution in [2.24, 2.45) is 0 Å². The molecule has 1 aliphatic heterocycles. The van der Waals surface area contributed by atoms with E-state index in [4.69, 9.17) is 14.2 Å². The third-order valence-corrected chi connectivity index (χ3v) is 1.88. The molecular formula is C11H20O4. The average Bonchev–Trinajstić information content (AvgIpc) is 2.47. The Kier molecular flexibility index (Phi) is 4.28. The Labute approximate surface area is 90.8 Å². The van der Waals surface area contributed by atoms with Gasteiger partial charge in [0, 0.05) is 0 Å². The van der Waals surface area contributed by atoms with Gasteiger partial charge in [0.05, 0.1) is 12.2 Å². The van der Waals surface area contributed by atoms with Gasteiger partial charge in [-0.3, -0.25) is 0 Å². The van der Waals surface area contributed by atoms with E-state index in [0.717, 1.165) is 0 Å². The van der Waals surface area contributed by atoms with Crippen molar-refractivity contribution in [1.82, 2.24) is 0 Å². The van der Waals surface area contributed by atoms with Crippen molar-refractivity contribution in [1.29, 1.82) is 0 Å². The highest BCUT2D eigenvalue weighted by Gasteiger charge is 2.37. The molecule has 1 rings (SSSR count). The molecule has 0 aromatic rings. The Bertz CT molecular complexity index is 225. The van der Waals surface area contributed by atoms with E-state index in [1.165, 1.54) is 0 Å². The van der Waals surface area contributed by atoms with Gasteiger partial charge in [-0.2, -0.15) is 0 Å². The van der Waals surface area contributed by atoms with E-state index in [9.17, 15) is 5.11 Å². The molecule has 2 unspecified atom stereocenters. The van der Waals surface area contributed by atoms with Gasteiger partial charge in [-0.1, -0.05) is 0 Å². The second kappa shape index (κ2) is 5.07. The zero-order valence-corrected chi connectivity index (χ0v) is 9.77. The summed E-state index contributed by atoms with van der Waals surface area (Å²) in [5.41, 5.74) is 0. The highest BCUT2D eigenvalue weighted by molar-refractivity contribution is 5.05. The molecule has 1 N–H and O–H groups in total. The molecule has 0 saturated heterocycles. The van der Waals surface area contributed by atoms with Crippen LogP contribution in [0.2, 0.25) is 0 Å². The molecule has 15 heavy (non-hydrogen) atoms. The normalized spacial score (nSPS) is 30.7. The fourth-order valence-corrected chi connectivity index (χ4v) is 1.44. The lowest BCUT2D eigenvalue weighted by Crippen LogP contribution is -2.39. The molecular weight excluding hydrogens is 196 g/mol. The van der Waals surface area contributed by atoms with Crippen LogP contribution in [0.3, 0.4) is 0 Å². The Morgan fingerprint density at radius 3 is 2.47 bits per heavy atom. The summed E-state index contributed by atoms with van der Waals surface area (Å²) in [6, 6.07) is 0. The maximum absolute atomic E-state index is 9.26. The highest BCUT2D eigenvalue weighted by Crippen LogP contribution is 2.27. The van der Waals surface area contributed by atoms with E-state index in [1.807, 2.05) is 27.7 Å². The quantitative estimate of drug-likeness (QED) is 0.706. The molecule has 2 atom stereocenters. The van der Waals surface area contributed by atoms with E-state index >= 15 is 0 Å². The highest BCUT2D eigenvalue weighted by atomic mass is 16.8. The van der Waals surface area contributed by atoms with Crippen molar-refractivity contribution in [2.45, 2.75) is 52.0 Å². The Morgan fingerprint density at radius 1 is 1.33 bits per heavy atom. The molecule has 1 heterocycles. The molecule has 0 amide bonds. The van der Waals surface area contributed by atoms with E-state index in [1.54, 1.807) is 12.2 Å². The van der Waals surface area contributed by atoms with Crippen LogP contribution in [0.1, 0.15) is 27.7 Å². The van der Waals surface area contributed by atoms with Gasteiger partial charge < -0.3 is 19.3 Å². The van der Waals surface area contributed by atoms with Crippen molar-refractivity contribution < 1.29 is 19.3 Å². The van der Waals surface area contributed by atoms with E-state index in [0.29, 0.717) is 0 Å². The molecule has 88 valence electrons. The Morgan fingerprint density at radius 2 is 2.00 bits per heavy atom. The maximum Gasteiger partial charge on any atom is 0.214 e. The monoisotopic (exact) mass is 216 g/mol. The van der Waals surface area contributed by atoms with Crippen molar-refractivity contribution in [3.05, 3.63) is 12.2 Å². The van der Waals surface area contributed by atoms with Crippen LogP contribution >= 0.6 is 0 Å². The molecule has 0 fully saturated rings. The number of hydrogen-bond acceptors (Lipinski definition) is 4. The van der Waals surface area contributed by atoms with E-state index in [-0.39, 0.29) is 18.8 Å². The molecule has 0 aromatic carbocycles. The number of hydrogen-bond donors (Lipinski definition) is 1. The topological polar surface area (TPSA) is 47.9 Å². The zero-order chi connectivity index (χ0) is 11.5. The third-order valence-electron chi connectivity index (χ3n) is 1.88. The lowest BCUT2D eigenvalue weighted by atomic mass is 10.3. The number of aliphatic hydroxyl groups is 1. The minimum absolute atomic E-state index is 0.0143. The van der Waals surface area contributed by atoms with Crippen molar-refractivity contribution in [2.75, 3.05) is 6.61 Å². The molecule has 0 radical (unpaired) electrons. The fraction of sp³-hybridized carbons (Fsp3) is 0.818. The van der Waals surface area contributed by atoms with Crippen LogP contribution < -0.4 is 0 Å². The van der Waals surface area contributed by atoms with Gasteiger partial charge in [-0.25, -0.2) is 0 Å². The molecule has 1 aliphatic rings. The number of rotatable bonds is 5. The van der Waals surface area contributed by atoms with Gasteiger partial charge >= 0.3 is 0 Å². The van der Waals surface area contributed by atoms with Crippen LogP contribution in [0.4, 0.5) is 0 Å². The number of ether oxygens (including phenoxy) is 3. The molecule has 4 nitrogen and oxygen atoms in total. The van der Waals surface area contributed by atoms with Gasteiger partial charge in [-0.15, -0.1) is 0 Å². The summed E-state index contributed by atoms with van der Waals surface area (Å²) in [6.45, 7) is 7.44. The molecule has 0 spiro atoms. The maximum atomic E-state index is 9.26. The second-order valence-corrected chi connectivity index (χ2v) is 4.17. The van der Waals surface area contributed by atoms with Crippen LogP contribution in [0.15, 0.2) is 12.2 Å². The van der Waals surface area contributed by atoms with Gasteiger partial charge in [0.1, 0.15) is 6.61 Å². The van der Waals surface area contributed by atoms with Crippen molar-refractivity contribution in [3.8, 4) is 0 Å². The molecule has 0 bridgehead atoms. The standard InChI is InChI=1S/C11H20O4/c1-8(2)13-10-5-6-11(7-12,15-10)14-9(3)4/h5-6,8-10,12H,7H2,1-4H3.